The van der Waals surface area contributed by atoms with Crippen LogP contribution in [0.1, 0.15) is 21.8 Å². The Morgan fingerprint density at radius 3 is 2.44 bits per heavy atom. The zero-order chi connectivity index (χ0) is 22.1. The first-order chi connectivity index (χ1) is 15.5. The average Bonchev–Trinajstić information content (AvgIpc) is 3.24. The summed E-state index contributed by atoms with van der Waals surface area (Å²) >= 11 is 0. The second-order valence-corrected chi connectivity index (χ2v) is 8.11. The second-order valence-electron chi connectivity index (χ2n) is 8.11. The quantitative estimate of drug-likeness (QED) is 0.515. The molecule has 32 heavy (non-hydrogen) atoms. The smallest absolute Gasteiger partial charge is 0.289 e. The third-order valence-corrected chi connectivity index (χ3v) is 5.68. The van der Waals surface area contributed by atoms with Crippen LogP contribution in [0.25, 0.3) is 11.0 Å². The summed E-state index contributed by atoms with van der Waals surface area (Å²) in [6.45, 7) is 6.65. The van der Waals surface area contributed by atoms with E-state index in [-0.39, 0.29) is 5.91 Å². The van der Waals surface area contributed by atoms with Crippen LogP contribution in [0.3, 0.4) is 0 Å². The zero-order valence-electron chi connectivity index (χ0n) is 18.2. The molecule has 7 nitrogen and oxygen atoms in total. The van der Waals surface area contributed by atoms with Crippen molar-refractivity contribution in [2.75, 3.05) is 36.4 Å². The van der Waals surface area contributed by atoms with Crippen LogP contribution in [0, 0.1) is 13.8 Å². The van der Waals surface area contributed by atoms with Gasteiger partial charge in [-0.05, 0) is 38.1 Å². The van der Waals surface area contributed by atoms with Gasteiger partial charge < -0.3 is 19.5 Å². The predicted octanol–water partition coefficient (Wildman–Crippen LogP) is 4.55. The van der Waals surface area contributed by atoms with E-state index in [0.29, 0.717) is 37.9 Å². The van der Waals surface area contributed by atoms with E-state index in [1.165, 1.54) is 5.56 Å². The number of benzene rings is 2. The van der Waals surface area contributed by atoms with Crippen LogP contribution in [0.2, 0.25) is 0 Å². The molecule has 1 N–H and O–H groups in total. The highest BCUT2D eigenvalue weighted by Gasteiger charge is 2.25. The molecule has 2 aromatic heterocycles. The molecule has 3 heterocycles. The number of rotatable bonds is 4. The number of para-hydroxylation sites is 1. The summed E-state index contributed by atoms with van der Waals surface area (Å²) in [5.41, 5.74) is 3.79. The van der Waals surface area contributed by atoms with Crippen molar-refractivity contribution in [1.82, 2.24) is 14.9 Å². The molecule has 1 aliphatic rings. The molecule has 1 fully saturated rings. The molecule has 0 radical (unpaired) electrons. The molecule has 0 unspecified atom stereocenters. The fraction of sp³-hybridized carbons (Fsp3) is 0.240. The van der Waals surface area contributed by atoms with E-state index in [0.717, 1.165) is 28.2 Å². The fourth-order valence-corrected chi connectivity index (χ4v) is 3.92. The molecule has 1 saturated heterocycles. The molecule has 0 aliphatic carbocycles. The van der Waals surface area contributed by atoms with Gasteiger partial charge in [-0.2, -0.15) is 4.98 Å². The molecule has 0 saturated carbocycles. The zero-order valence-corrected chi connectivity index (χ0v) is 18.2. The van der Waals surface area contributed by atoms with Gasteiger partial charge in [0.1, 0.15) is 11.4 Å². The Bertz CT molecular complexity index is 1220. The molecule has 0 spiro atoms. The van der Waals surface area contributed by atoms with Crippen LogP contribution < -0.4 is 10.2 Å². The van der Waals surface area contributed by atoms with E-state index in [9.17, 15) is 4.79 Å². The summed E-state index contributed by atoms with van der Waals surface area (Å²) in [5.74, 6) is 1.76. The molecule has 162 valence electrons. The van der Waals surface area contributed by atoms with Gasteiger partial charge in [-0.3, -0.25) is 4.79 Å². The summed E-state index contributed by atoms with van der Waals surface area (Å²) in [5, 5.41) is 4.23. The third-order valence-electron chi connectivity index (χ3n) is 5.68. The molecule has 0 bridgehead atoms. The number of aryl methyl sites for hydroxylation is 2. The van der Waals surface area contributed by atoms with E-state index >= 15 is 0 Å². The number of carbonyl (C=O) groups is 1. The largest absolute Gasteiger partial charge is 0.451 e. The Morgan fingerprint density at radius 2 is 1.69 bits per heavy atom. The number of carbonyl (C=O) groups excluding carboxylic acids is 1. The standard InChI is InChI=1S/C25H25N5O2/c1-17-7-9-20(10-8-17)27-25-26-18(2)15-23(28-25)29-11-13-30(14-12-29)24(31)22-16-19-5-3-4-6-21(19)32-22/h3-10,15-16H,11-14H2,1-2H3,(H,26,27,28). The van der Waals surface area contributed by atoms with Crippen LogP contribution in [-0.2, 0) is 0 Å². The summed E-state index contributed by atoms with van der Waals surface area (Å²) < 4.78 is 5.76. The van der Waals surface area contributed by atoms with Crippen molar-refractivity contribution in [2.24, 2.45) is 0 Å². The molecule has 0 atom stereocenters. The lowest BCUT2D eigenvalue weighted by Gasteiger charge is -2.35. The number of hydrogen-bond donors (Lipinski definition) is 1. The lowest BCUT2D eigenvalue weighted by Crippen LogP contribution is -2.49. The minimum atomic E-state index is -0.0681. The van der Waals surface area contributed by atoms with Crippen molar-refractivity contribution in [3.63, 3.8) is 0 Å². The molecule has 7 heteroatoms. The monoisotopic (exact) mass is 427 g/mol. The Kier molecular flexibility index (Phi) is 5.23. The van der Waals surface area contributed by atoms with E-state index in [1.807, 2.05) is 60.4 Å². The number of fused-ring (bicyclic) bond motifs is 1. The van der Waals surface area contributed by atoms with Crippen molar-refractivity contribution >= 4 is 34.3 Å². The first-order valence-electron chi connectivity index (χ1n) is 10.8. The van der Waals surface area contributed by atoms with E-state index in [2.05, 4.69) is 34.3 Å². The minimum Gasteiger partial charge on any atom is -0.451 e. The van der Waals surface area contributed by atoms with Gasteiger partial charge in [0, 0.05) is 49.0 Å². The van der Waals surface area contributed by atoms with Gasteiger partial charge in [0.05, 0.1) is 0 Å². The predicted molar refractivity (Wildman–Crippen MR) is 126 cm³/mol. The highest BCUT2D eigenvalue weighted by atomic mass is 16.3. The van der Waals surface area contributed by atoms with Gasteiger partial charge in [-0.25, -0.2) is 4.98 Å². The SMILES string of the molecule is Cc1ccc(Nc2nc(C)cc(N3CCN(C(=O)c4cc5ccccc5o4)CC3)n2)cc1. The molecule has 1 aliphatic heterocycles. The summed E-state index contributed by atoms with van der Waals surface area (Å²) in [7, 11) is 0. The number of amides is 1. The number of furan rings is 1. The van der Waals surface area contributed by atoms with E-state index in [4.69, 9.17) is 9.40 Å². The Morgan fingerprint density at radius 1 is 0.938 bits per heavy atom. The third kappa shape index (κ3) is 4.14. The van der Waals surface area contributed by atoms with Gasteiger partial charge in [-0.15, -0.1) is 0 Å². The summed E-state index contributed by atoms with van der Waals surface area (Å²) in [4.78, 5) is 26.2. The van der Waals surface area contributed by atoms with Crippen LogP contribution in [-0.4, -0.2) is 47.0 Å². The van der Waals surface area contributed by atoms with E-state index in [1.54, 1.807) is 0 Å². The number of anilines is 3. The second kappa shape index (κ2) is 8.34. The fourth-order valence-electron chi connectivity index (χ4n) is 3.92. The highest BCUT2D eigenvalue weighted by molar-refractivity contribution is 5.96. The molecule has 4 aromatic rings. The first-order valence-corrected chi connectivity index (χ1v) is 10.8. The Labute approximate surface area is 186 Å². The van der Waals surface area contributed by atoms with Gasteiger partial charge >= 0.3 is 0 Å². The molecular formula is C25H25N5O2. The minimum absolute atomic E-state index is 0.0681. The van der Waals surface area contributed by atoms with Gasteiger partial charge in [0.15, 0.2) is 5.76 Å². The van der Waals surface area contributed by atoms with Crippen molar-refractivity contribution in [2.45, 2.75) is 13.8 Å². The number of nitrogens with zero attached hydrogens (tertiary/aromatic N) is 4. The number of piperazine rings is 1. The van der Waals surface area contributed by atoms with Crippen molar-refractivity contribution < 1.29 is 9.21 Å². The maximum Gasteiger partial charge on any atom is 0.289 e. The topological polar surface area (TPSA) is 74.5 Å². The normalized spacial score (nSPS) is 14.1. The lowest BCUT2D eigenvalue weighted by atomic mass is 10.2. The van der Waals surface area contributed by atoms with E-state index < -0.39 is 0 Å². The highest BCUT2D eigenvalue weighted by Crippen LogP contribution is 2.23. The van der Waals surface area contributed by atoms with Crippen molar-refractivity contribution in [3.8, 4) is 0 Å². The number of aromatic nitrogens is 2. The van der Waals surface area contributed by atoms with Crippen molar-refractivity contribution in [3.05, 3.63) is 77.7 Å². The van der Waals surface area contributed by atoms with Gasteiger partial charge in [-0.1, -0.05) is 35.9 Å². The molecule has 2 aromatic carbocycles. The van der Waals surface area contributed by atoms with Crippen LogP contribution >= 0.6 is 0 Å². The maximum atomic E-state index is 12.9. The summed E-state index contributed by atoms with van der Waals surface area (Å²) in [6.07, 6.45) is 0. The molecule has 5 rings (SSSR count). The number of nitrogens with one attached hydrogen (secondary N) is 1. The molecular weight excluding hydrogens is 402 g/mol. The maximum absolute atomic E-state index is 12.9. The van der Waals surface area contributed by atoms with Crippen LogP contribution in [0.4, 0.5) is 17.5 Å². The lowest BCUT2D eigenvalue weighted by molar-refractivity contribution is 0.0717. The summed E-state index contributed by atoms with van der Waals surface area (Å²) in [6, 6.07) is 19.6. The van der Waals surface area contributed by atoms with Crippen LogP contribution in [0.15, 0.2) is 65.1 Å². The Balaban J connectivity index is 1.27. The van der Waals surface area contributed by atoms with Crippen molar-refractivity contribution in [1.29, 1.82) is 0 Å². The first kappa shape index (κ1) is 20.1. The number of hydrogen-bond acceptors (Lipinski definition) is 6. The average molecular weight is 428 g/mol. The van der Waals surface area contributed by atoms with Gasteiger partial charge in [0.25, 0.3) is 5.91 Å². The van der Waals surface area contributed by atoms with Crippen LogP contribution in [0.5, 0.6) is 0 Å². The molecule has 1 amide bonds. The van der Waals surface area contributed by atoms with Gasteiger partial charge in [0.2, 0.25) is 5.95 Å². The Hall–Kier alpha value is -3.87.